The Morgan fingerprint density at radius 1 is 1.13 bits per heavy atom. The highest BCUT2D eigenvalue weighted by Gasteiger charge is 2.17. The van der Waals surface area contributed by atoms with Crippen LogP contribution in [0, 0.1) is 12.7 Å². The molecule has 0 radical (unpaired) electrons. The quantitative estimate of drug-likeness (QED) is 0.535. The van der Waals surface area contributed by atoms with E-state index in [0.29, 0.717) is 16.9 Å². The van der Waals surface area contributed by atoms with E-state index in [9.17, 15) is 18.8 Å². The van der Waals surface area contributed by atoms with E-state index in [4.69, 9.17) is 0 Å². The number of hydrogen-bond donors (Lipinski definition) is 2. The van der Waals surface area contributed by atoms with Crippen molar-refractivity contribution in [3.05, 3.63) is 92.6 Å². The minimum atomic E-state index is -0.768. The lowest BCUT2D eigenvalue weighted by Crippen LogP contribution is -2.27. The van der Waals surface area contributed by atoms with Gasteiger partial charge in [-0.1, -0.05) is 29.4 Å². The summed E-state index contributed by atoms with van der Waals surface area (Å²) < 4.78 is 19.8. The molecule has 4 aromatic rings. The zero-order valence-corrected chi connectivity index (χ0v) is 15.5. The molecule has 2 aromatic carbocycles. The number of rotatable bonds is 4. The number of benzene rings is 2. The number of anilines is 1. The van der Waals surface area contributed by atoms with Crippen LogP contribution in [0.1, 0.15) is 16.2 Å². The maximum Gasteiger partial charge on any atom is 0.439 e. The van der Waals surface area contributed by atoms with Gasteiger partial charge in [-0.25, -0.2) is 13.9 Å². The van der Waals surface area contributed by atoms with Crippen molar-refractivity contribution < 1.29 is 13.7 Å². The number of aromatic amines is 1. The summed E-state index contributed by atoms with van der Waals surface area (Å²) in [7, 11) is 0. The van der Waals surface area contributed by atoms with Crippen LogP contribution in [0.5, 0.6) is 0 Å². The molecule has 1 amide bonds. The van der Waals surface area contributed by atoms with Crippen LogP contribution < -0.4 is 16.5 Å². The van der Waals surface area contributed by atoms with Gasteiger partial charge in [-0.2, -0.15) is 5.10 Å². The first-order valence-electron chi connectivity index (χ1n) is 8.76. The molecule has 9 nitrogen and oxygen atoms in total. The summed E-state index contributed by atoms with van der Waals surface area (Å²) in [6.45, 7) is 1.59. The zero-order chi connectivity index (χ0) is 21.3. The number of amides is 1. The summed E-state index contributed by atoms with van der Waals surface area (Å²) in [5, 5.41) is 10.2. The average molecular weight is 407 g/mol. The van der Waals surface area contributed by atoms with Crippen molar-refractivity contribution in [2.45, 2.75) is 6.92 Å². The largest absolute Gasteiger partial charge is 0.439 e. The fourth-order valence-corrected chi connectivity index (χ4v) is 2.86. The number of halogens is 1. The summed E-state index contributed by atoms with van der Waals surface area (Å²) in [6, 6.07) is 13.5. The van der Waals surface area contributed by atoms with Crippen LogP contribution in [0.25, 0.3) is 17.1 Å². The molecule has 2 heterocycles. The summed E-state index contributed by atoms with van der Waals surface area (Å²) in [5.41, 5.74) is 0.304. The predicted octanol–water partition coefficient (Wildman–Crippen LogP) is 2.28. The van der Waals surface area contributed by atoms with Crippen molar-refractivity contribution in [2.75, 3.05) is 5.32 Å². The molecule has 0 bridgehead atoms. The van der Waals surface area contributed by atoms with Gasteiger partial charge in [0.05, 0.1) is 0 Å². The number of aromatic nitrogens is 4. The number of nitrogens with one attached hydrogen (secondary N) is 2. The van der Waals surface area contributed by atoms with Gasteiger partial charge >= 0.3 is 5.76 Å². The van der Waals surface area contributed by atoms with Crippen LogP contribution in [-0.4, -0.2) is 25.8 Å². The van der Waals surface area contributed by atoms with E-state index < -0.39 is 28.6 Å². The lowest BCUT2D eigenvalue weighted by molar-refractivity contribution is 0.101. The maximum absolute atomic E-state index is 14.2. The fourth-order valence-electron chi connectivity index (χ4n) is 2.86. The van der Waals surface area contributed by atoms with Gasteiger partial charge in [0.25, 0.3) is 5.91 Å². The maximum atomic E-state index is 14.2. The van der Waals surface area contributed by atoms with E-state index in [1.165, 1.54) is 35.0 Å². The van der Waals surface area contributed by atoms with Crippen molar-refractivity contribution >= 4 is 11.6 Å². The topological polar surface area (TPSA) is 123 Å². The number of carbonyl (C=O) groups excluding carboxylic acids is 1. The van der Waals surface area contributed by atoms with Crippen molar-refractivity contribution in [1.29, 1.82) is 0 Å². The first-order valence-corrected chi connectivity index (χ1v) is 8.76. The molecule has 0 fully saturated rings. The average Bonchev–Trinajstić information content (AvgIpc) is 3.15. The van der Waals surface area contributed by atoms with Crippen molar-refractivity contribution in [3.63, 3.8) is 0 Å². The third kappa shape index (κ3) is 3.65. The summed E-state index contributed by atoms with van der Waals surface area (Å²) in [6.07, 6.45) is 0. The normalized spacial score (nSPS) is 10.7. The molecule has 10 heteroatoms. The number of para-hydroxylation sites is 1. The molecule has 0 unspecified atom stereocenters. The molecule has 0 aliphatic rings. The number of carbonyl (C=O) groups is 1. The zero-order valence-electron chi connectivity index (χ0n) is 15.5. The molecule has 30 heavy (non-hydrogen) atoms. The second-order valence-electron chi connectivity index (χ2n) is 6.34. The molecule has 0 aliphatic heterocycles. The number of nitrogens with zero attached hydrogens (tertiary/aromatic N) is 3. The fraction of sp³-hybridized carbons (Fsp3) is 0.0500. The monoisotopic (exact) mass is 407 g/mol. The SMILES string of the molecule is Cc1cc(=O)c(C(=O)Nc2cccc(-c3noc(=O)[nH]3)c2)nn1-c1ccccc1F. The van der Waals surface area contributed by atoms with Crippen LogP contribution in [0.15, 0.2) is 68.7 Å². The van der Waals surface area contributed by atoms with E-state index in [0.717, 1.165) is 0 Å². The smallest absolute Gasteiger partial charge is 0.320 e. The van der Waals surface area contributed by atoms with Gasteiger partial charge in [0, 0.05) is 23.0 Å². The lowest BCUT2D eigenvalue weighted by Gasteiger charge is -2.12. The van der Waals surface area contributed by atoms with Crippen LogP contribution in [-0.2, 0) is 0 Å². The van der Waals surface area contributed by atoms with Gasteiger partial charge in [0.2, 0.25) is 5.43 Å². The Hall–Kier alpha value is -4.34. The third-order valence-corrected chi connectivity index (χ3v) is 4.24. The molecule has 0 spiro atoms. The molecular formula is C20H14FN5O4. The minimum Gasteiger partial charge on any atom is -0.320 e. The Morgan fingerprint density at radius 2 is 1.93 bits per heavy atom. The standard InChI is InChI=1S/C20H14FN5O4/c1-11-9-16(27)17(24-26(11)15-8-3-2-7-14(15)21)19(28)22-13-6-4-5-12(10-13)18-23-20(29)30-25-18/h2-10H,1H3,(H,22,28)(H,23,25,29). The first-order chi connectivity index (χ1) is 14.4. The molecule has 0 saturated heterocycles. The van der Waals surface area contributed by atoms with E-state index in [-0.39, 0.29) is 11.5 Å². The van der Waals surface area contributed by atoms with Crippen molar-refractivity contribution in [2.24, 2.45) is 0 Å². The van der Waals surface area contributed by atoms with E-state index in [2.05, 4.69) is 25.1 Å². The van der Waals surface area contributed by atoms with Crippen LogP contribution in [0.2, 0.25) is 0 Å². The van der Waals surface area contributed by atoms with Gasteiger partial charge < -0.3 is 5.32 Å². The van der Waals surface area contributed by atoms with Crippen LogP contribution in [0.3, 0.4) is 0 Å². The van der Waals surface area contributed by atoms with Crippen LogP contribution >= 0.6 is 0 Å². The van der Waals surface area contributed by atoms with E-state index in [1.807, 2.05) is 0 Å². The molecule has 2 N–H and O–H groups in total. The Morgan fingerprint density at radius 3 is 2.67 bits per heavy atom. The summed E-state index contributed by atoms with van der Waals surface area (Å²) >= 11 is 0. The molecule has 4 rings (SSSR count). The highest BCUT2D eigenvalue weighted by atomic mass is 19.1. The Balaban J connectivity index is 1.68. The molecule has 0 atom stereocenters. The third-order valence-electron chi connectivity index (χ3n) is 4.24. The van der Waals surface area contributed by atoms with Crippen molar-refractivity contribution in [1.82, 2.24) is 19.9 Å². The highest BCUT2D eigenvalue weighted by Crippen LogP contribution is 2.19. The Labute approximate surface area is 167 Å². The van der Waals surface area contributed by atoms with Crippen molar-refractivity contribution in [3.8, 4) is 17.1 Å². The van der Waals surface area contributed by atoms with Crippen LogP contribution in [0.4, 0.5) is 10.1 Å². The molecule has 0 saturated carbocycles. The second-order valence-corrected chi connectivity index (χ2v) is 6.34. The summed E-state index contributed by atoms with van der Waals surface area (Å²) in [5.74, 6) is -1.84. The molecule has 150 valence electrons. The number of H-pyrrole nitrogens is 1. The van der Waals surface area contributed by atoms with Gasteiger partial charge in [0.15, 0.2) is 11.5 Å². The minimum absolute atomic E-state index is 0.112. The highest BCUT2D eigenvalue weighted by molar-refractivity contribution is 6.03. The van der Waals surface area contributed by atoms with Gasteiger partial charge in [-0.3, -0.25) is 19.1 Å². The van der Waals surface area contributed by atoms with Gasteiger partial charge in [0.1, 0.15) is 11.5 Å². The molecule has 0 aliphatic carbocycles. The number of aryl methyl sites for hydroxylation is 1. The van der Waals surface area contributed by atoms with Gasteiger partial charge in [-0.05, 0) is 31.2 Å². The van der Waals surface area contributed by atoms with E-state index >= 15 is 0 Å². The Bertz CT molecular complexity index is 1370. The lowest BCUT2D eigenvalue weighted by atomic mass is 10.2. The first kappa shape index (κ1) is 19.0. The predicted molar refractivity (Wildman–Crippen MR) is 105 cm³/mol. The molecular weight excluding hydrogens is 393 g/mol. The van der Waals surface area contributed by atoms with E-state index in [1.54, 1.807) is 31.2 Å². The summed E-state index contributed by atoms with van der Waals surface area (Å²) in [4.78, 5) is 38.6. The Kier molecular flexibility index (Phi) is 4.80. The van der Waals surface area contributed by atoms with Gasteiger partial charge in [-0.15, -0.1) is 0 Å². The molecule has 2 aromatic heterocycles. The second kappa shape index (κ2) is 7.59. The number of hydrogen-bond acceptors (Lipinski definition) is 6.